The van der Waals surface area contributed by atoms with Crippen LogP contribution in [-0.4, -0.2) is 71.7 Å². The number of carbonyl (C=O) groups excluding carboxylic acids is 3. The van der Waals surface area contributed by atoms with Gasteiger partial charge in [-0.25, -0.2) is 4.79 Å². The van der Waals surface area contributed by atoms with E-state index in [0.29, 0.717) is 43.9 Å². The van der Waals surface area contributed by atoms with E-state index in [4.69, 9.17) is 19.9 Å². The lowest BCUT2D eigenvalue weighted by atomic mass is 10.1. The molecule has 2 fully saturated rings. The number of nitrogens with zero attached hydrogens (tertiary/aromatic N) is 2. The summed E-state index contributed by atoms with van der Waals surface area (Å²) in [7, 11) is 1.59. The molecule has 186 valence electrons. The van der Waals surface area contributed by atoms with Gasteiger partial charge >= 0.3 is 6.09 Å². The van der Waals surface area contributed by atoms with Crippen LogP contribution in [0.2, 0.25) is 0 Å². The first-order chi connectivity index (χ1) is 16.1. The van der Waals surface area contributed by atoms with Gasteiger partial charge in [0, 0.05) is 25.1 Å². The van der Waals surface area contributed by atoms with Crippen LogP contribution in [0.3, 0.4) is 0 Å². The van der Waals surface area contributed by atoms with Crippen LogP contribution in [0.25, 0.3) is 6.08 Å². The Labute approximate surface area is 213 Å². The highest BCUT2D eigenvalue weighted by Crippen LogP contribution is 2.32. The Kier molecular flexibility index (Phi) is 8.32. The van der Waals surface area contributed by atoms with Gasteiger partial charge in [-0.05, 0) is 62.0 Å². The third-order valence-electron chi connectivity index (χ3n) is 5.82. The number of carbonyl (C=O) groups is 3. The SMILES string of the molecule is COc1ccc(O[C@H]2CCN(C(=O)OC(C)(C)C)[C@@H]2C(=O)N2CCC[C@H]2C(N)=O)cc1/C=C\I. The smallest absolute Gasteiger partial charge is 0.411 e. The average molecular weight is 585 g/mol. The van der Waals surface area contributed by atoms with Crippen LogP contribution < -0.4 is 15.2 Å². The lowest BCUT2D eigenvalue weighted by Crippen LogP contribution is -2.56. The molecule has 34 heavy (non-hydrogen) atoms. The Bertz CT molecular complexity index is 961. The number of halogens is 1. The molecule has 3 amide bonds. The molecule has 0 unspecified atom stereocenters. The molecule has 2 saturated heterocycles. The van der Waals surface area contributed by atoms with Crippen molar-refractivity contribution in [3.63, 3.8) is 0 Å². The Balaban J connectivity index is 1.91. The summed E-state index contributed by atoms with van der Waals surface area (Å²) in [6, 6.07) is 3.77. The van der Waals surface area contributed by atoms with Crippen molar-refractivity contribution < 1.29 is 28.6 Å². The highest BCUT2D eigenvalue weighted by molar-refractivity contribution is 14.1. The monoisotopic (exact) mass is 585 g/mol. The first kappa shape index (κ1) is 26.1. The molecule has 0 bridgehead atoms. The number of primary amides is 1. The minimum atomic E-state index is -0.930. The van der Waals surface area contributed by atoms with Crippen LogP contribution in [0.4, 0.5) is 4.79 Å². The van der Waals surface area contributed by atoms with Gasteiger partial charge < -0.3 is 24.8 Å². The minimum absolute atomic E-state index is 0.293. The zero-order chi connectivity index (χ0) is 25.0. The highest BCUT2D eigenvalue weighted by atomic mass is 127. The molecule has 0 aromatic heterocycles. The van der Waals surface area contributed by atoms with E-state index < -0.39 is 35.8 Å². The van der Waals surface area contributed by atoms with Crippen molar-refractivity contribution in [2.24, 2.45) is 5.73 Å². The quantitative estimate of drug-likeness (QED) is 0.513. The molecule has 0 saturated carbocycles. The van der Waals surface area contributed by atoms with E-state index in [1.54, 1.807) is 40.0 Å². The van der Waals surface area contributed by atoms with Crippen molar-refractivity contribution in [1.29, 1.82) is 0 Å². The predicted molar refractivity (Wildman–Crippen MR) is 136 cm³/mol. The summed E-state index contributed by atoms with van der Waals surface area (Å²) in [5.74, 6) is 0.342. The number of amides is 3. The van der Waals surface area contributed by atoms with Gasteiger partial charge in [-0.3, -0.25) is 14.5 Å². The van der Waals surface area contributed by atoms with Gasteiger partial charge in [-0.15, -0.1) is 0 Å². The van der Waals surface area contributed by atoms with Gasteiger partial charge in [0.05, 0.1) is 7.11 Å². The first-order valence-corrected chi connectivity index (χ1v) is 12.5. The number of likely N-dealkylation sites (tertiary alicyclic amines) is 2. The second-order valence-electron chi connectivity index (χ2n) is 9.35. The van der Waals surface area contributed by atoms with E-state index in [0.717, 1.165) is 5.56 Å². The lowest BCUT2D eigenvalue weighted by Gasteiger charge is -2.33. The molecule has 0 aliphatic carbocycles. The zero-order valence-electron chi connectivity index (χ0n) is 20.0. The average Bonchev–Trinajstić information content (AvgIpc) is 3.40. The molecule has 2 aliphatic heterocycles. The fourth-order valence-electron chi connectivity index (χ4n) is 4.36. The molecule has 2 heterocycles. The number of ether oxygens (including phenoxy) is 3. The highest BCUT2D eigenvalue weighted by Gasteiger charge is 2.49. The maximum Gasteiger partial charge on any atom is 0.411 e. The van der Waals surface area contributed by atoms with Crippen molar-refractivity contribution in [1.82, 2.24) is 9.80 Å². The maximum absolute atomic E-state index is 13.7. The summed E-state index contributed by atoms with van der Waals surface area (Å²) in [6.07, 6.45) is 2.31. The normalized spacial score (nSPS) is 22.8. The summed E-state index contributed by atoms with van der Waals surface area (Å²) in [4.78, 5) is 41.5. The second-order valence-corrected chi connectivity index (χ2v) is 10.1. The molecular formula is C24H32IN3O6. The lowest BCUT2D eigenvalue weighted by molar-refractivity contribution is -0.142. The van der Waals surface area contributed by atoms with E-state index >= 15 is 0 Å². The van der Waals surface area contributed by atoms with Gasteiger partial charge in [-0.1, -0.05) is 22.6 Å². The van der Waals surface area contributed by atoms with Gasteiger partial charge in [0.15, 0.2) is 6.04 Å². The number of benzene rings is 1. The Hall–Kier alpha value is -2.50. The van der Waals surface area contributed by atoms with E-state index in [2.05, 4.69) is 22.6 Å². The van der Waals surface area contributed by atoms with Gasteiger partial charge in [0.25, 0.3) is 0 Å². The number of nitrogens with two attached hydrogens (primary N) is 1. The van der Waals surface area contributed by atoms with Crippen LogP contribution >= 0.6 is 22.6 Å². The largest absolute Gasteiger partial charge is 0.496 e. The van der Waals surface area contributed by atoms with Crippen LogP contribution in [0.15, 0.2) is 22.3 Å². The predicted octanol–water partition coefficient (Wildman–Crippen LogP) is 3.33. The van der Waals surface area contributed by atoms with Gasteiger partial charge in [0.2, 0.25) is 11.8 Å². The summed E-state index contributed by atoms with van der Waals surface area (Å²) >= 11 is 2.12. The van der Waals surface area contributed by atoms with E-state index in [1.807, 2.05) is 16.2 Å². The Morgan fingerprint density at radius 3 is 2.50 bits per heavy atom. The topological polar surface area (TPSA) is 111 Å². The van der Waals surface area contributed by atoms with Gasteiger partial charge in [-0.2, -0.15) is 0 Å². The summed E-state index contributed by atoms with van der Waals surface area (Å²) in [6.45, 7) is 6.02. The molecular weight excluding hydrogens is 553 g/mol. The van der Waals surface area contributed by atoms with Crippen molar-refractivity contribution in [3.05, 3.63) is 27.8 Å². The number of rotatable bonds is 6. The fraction of sp³-hybridized carbons (Fsp3) is 0.542. The van der Waals surface area contributed by atoms with Crippen molar-refractivity contribution in [2.45, 2.75) is 63.8 Å². The van der Waals surface area contributed by atoms with Gasteiger partial charge in [0.1, 0.15) is 29.2 Å². The van der Waals surface area contributed by atoms with Crippen LogP contribution in [0.1, 0.15) is 45.6 Å². The molecule has 1 aromatic carbocycles. The fourth-order valence-corrected chi connectivity index (χ4v) is 4.75. The molecule has 0 spiro atoms. The van der Waals surface area contributed by atoms with Crippen molar-refractivity contribution >= 4 is 46.6 Å². The molecule has 1 aromatic rings. The second kappa shape index (κ2) is 10.8. The van der Waals surface area contributed by atoms with Crippen LogP contribution in [-0.2, 0) is 14.3 Å². The minimum Gasteiger partial charge on any atom is -0.496 e. The summed E-state index contributed by atoms with van der Waals surface area (Å²) in [5, 5.41) is 0. The molecule has 9 nitrogen and oxygen atoms in total. The summed E-state index contributed by atoms with van der Waals surface area (Å²) in [5.41, 5.74) is 5.65. The van der Waals surface area contributed by atoms with Crippen LogP contribution in [0.5, 0.6) is 11.5 Å². The number of hydrogen-bond acceptors (Lipinski definition) is 6. The Morgan fingerprint density at radius 1 is 1.15 bits per heavy atom. The summed E-state index contributed by atoms with van der Waals surface area (Å²) < 4.78 is 19.1. The van der Waals surface area contributed by atoms with E-state index in [9.17, 15) is 14.4 Å². The van der Waals surface area contributed by atoms with E-state index in [-0.39, 0.29) is 5.91 Å². The number of hydrogen-bond donors (Lipinski definition) is 1. The van der Waals surface area contributed by atoms with E-state index in [1.165, 1.54) is 9.80 Å². The first-order valence-electron chi connectivity index (χ1n) is 11.3. The number of methoxy groups -OCH3 is 1. The molecule has 3 rings (SSSR count). The third-order valence-corrected chi connectivity index (χ3v) is 6.18. The standard InChI is InChI=1S/C24H32IN3O6/c1-24(2,3)34-23(31)28-13-10-19(20(28)22(30)27-12-5-6-17(27)21(26)29)33-16-7-8-18(32-4)15(14-16)9-11-25/h7-9,11,14,17,19-20H,5-6,10,12-13H2,1-4H3,(H2,26,29)/b11-9-/t17-,19-,20-/m0/s1. The molecule has 2 N–H and O–H groups in total. The molecule has 0 radical (unpaired) electrons. The maximum atomic E-state index is 13.7. The Morgan fingerprint density at radius 2 is 1.88 bits per heavy atom. The zero-order valence-corrected chi connectivity index (χ0v) is 22.1. The molecule has 10 heteroatoms. The van der Waals surface area contributed by atoms with Crippen molar-refractivity contribution in [2.75, 3.05) is 20.2 Å². The molecule has 2 aliphatic rings. The third kappa shape index (κ3) is 5.94. The van der Waals surface area contributed by atoms with Crippen molar-refractivity contribution in [3.8, 4) is 11.5 Å². The molecule has 3 atom stereocenters. The van der Waals surface area contributed by atoms with Crippen LogP contribution in [0, 0.1) is 0 Å².